The molecule has 2 aliphatic carbocycles. The van der Waals surface area contributed by atoms with Crippen molar-refractivity contribution in [2.24, 2.45) is 11.8 Å². The standard InChI is InChI=1S/C22H29NO5/c1-2-26-22(25)18-12-16(18)14-23(17-6-4-3-5-7-17)21(24)15-8-9-19-20(13-15)28-11-10-27-19/h8-9,13,16-18H,2-7,10-12,14H2,1H3. The molecule has 0 bridgehead atoms. The number of esters is 1. The van der Waals surface area contributed by atoms with Gasteiger partial charge in [0.25, 0.3) is 5.91 Å². The van der Waals surface area contributed by atoms with Gasteiger partial charge in [0.05, 0.1) is 12.5 Å². The van der Waals surface area contributed by atoms with E-state index in [1.54, 1.807) is 6.07 Å². The zero-order valence-electron chi connectivity index (χ0n) is 16.5. The fourth-order valence-corrected chi connectivity index (χ4v) is 4.37. The Morgan fingerprint density at radius 2 is 1.86 bits per heavy atom. The van der Waals surface area contributed by atoms with E-state index in [1.807, 2.05) is 24.0 Å². The quantitative estimate of drug-likeness (QED) is 0.700. The van der Waals surface area contributed by atoms with Gasteiger partial charge in [-0.15, -0.1) is 0 Å². The van der Waals surface area contributed by atoms with Crippen molar-refractivity contribution in [3.05, 3.63) is 23.8 Å². The van der Waals surface area contributed by atoms with Crippen LogP contribution in [-0.4, -0.2) is 49.2 Å². The van der Waals surface area contributed by atoms with Gasteiger partial charge < -0.3 is 19.1 Å². The first-order chi connectivity index (χ1) is 13.7. The topological polar surface area (TPSA) is 65.1 Å². The van der Waals surface area contributed by atoms with Crippen molar-refractivity contribution in [1.82, 2.24) is 4.90 Å². The normalized spacial score (nSPS) is 23.8. The van der Waals surface area contributed by atoms with Gasteiger partial charge in [-0.2, -0.15) is 0 Å². The summed E-state index contributed by atoms with van der Waals surface area (Å²) < 4.78 is 16.4. The van der Waals surface area contributed by atoms with Crippen molar-refractivity contribution in [1.29, 1.82) is 0 Å². The molecule has 28 heavy (non-hydrogen) atoms. The van der Waals surface area contributed by atoms with Crippen LogP contribution in [0.25, 0.3) is 0 Å². The third-order valence-electron chi connectivity index (χ3n) is 6.01. The molecular weight excluding hydrogens is 358 g/mol. The molecule has 1 aromatic rings. The molecule has 0 saturated heterocycles. The van der Waals surface area contributed by atoms with Gasteiger partial charge in [0, 0.05) is 18.2 Å². The van der Waals surface area contributed by atoms with Crippen molar-refractivity contribution in [2.75, 3.05) is 26.4 Å². The van der Waals surface area contributed by atoms with E-state index in [9.17, 15) is 9.59 Å². The molecule has 1 amide bonds. The smallest absolute Gasteiger partial charge is 0.309 e. The van der Waals surface area contributed by atoms with E-state index >= 15 is 0 Å². The predicted molar refractivity (Wildman–Crippen MR) is 104 cm³/mol. The number of amides is 1. The summed E-state index contributed by atoms with van der Waals surface area (Å²) in [7, 11) is 0. The molecule has 0 radical (unpaired) electrons. The van der Waals surface area contributed by atoms with E-state index < -0.39 is 0 Å². The van der Waals surface area contributed by atoms with Crippen LogP contribution in [0.5, 0.6) is 11.5 Å². The van der Waals surface area contributed by atoms with Gasteiger partial charge in [0.2, 0.25) is 0 Å². The highest BCUT2D eigenvalue weighted by Gasteiger charge is 2.46. The van der Waals surface area contributed by atoms with Crippen LogP contribution in [0.4, 0.5) is 0 Å². The lowest BCUT2D eigenvalue weighted by molar-refractivity contribution is -0.145. The Labute approximate surface area is 166 Å². The van der Waals surface area contributed by atoms with Crippen LogP contribution in [0.1, 0.15) is 55.8 Å². The second-order valence-electron chi connectivity index (χ2n) is 7.96. The molecule has 3 aliphatic rings. The molecule has 2 atom stereocenters. The highest BCUT2D eigenvalue weighted by molar-refractivity contribution is 5.95. The van der Waals surface area contributed by atoms with Crippen LogP contribution >= 0.6 is 0 Å². The maximum absolute atomic E-state index is 13.4. The molecule has 0 aromatic heterocycles. The second kappa shape index (κ2) is 8.41. The van der Waals surface area contributed by atoms with E-state index in [0.717, 1.165) is 32.1 Å². The third kappa shape index (κ3) is 4.10. The summed E-state index contributed by atoms with van der Waals surface area (Å²) in [6.07, 6.45) is 6.43. The SMILES string of the molecule is CCOC(=O)C1CC1CN(C(=O)c1ccc2c(c1)OCCO2)C1CCCCC1. The Bertz CT molecular complexity index is 728. The van der Waals surface area contributed by atoms with Crippen LogP contribution in [0, 0.1) is 11.8 Å². The summed E-state index contributed by atoms with van der Waals surface area (Å²) in [6.45, 7) is 3.90. The highest BCUT2D eigenvalue weighted by Crippen LogP contribution is 2.41. The number of hydrogen-bond acceptors (Lipinski definition) is 5. The number of ether oxygens (including phenoxy) is 3. The van der Waals surface area contributed by atoms with Crippen LogP contribution in [0.2, 0.25) is 0 Å². The summed E-state index contributed by atoms with van der Waals surface area (Å²) in [5.41, 5.74) is 0.628. The minimum atomic E-state index is -0.122. The van der Waals surface area contributed by atoms with Gasteiger partial charge in [0.1, 0.15) is 13.2 Å². The Hall–Kier alpha value is -2.24. The molecule has 4 rings (SSSR count). The maximum Gasteiger partial charge on any atom is 0.309 e. The number of carbonyl (C=O) groups is 2. The Morgan fingerprint density at radius 3 is 2.61 bits per heavy atom. The molecule has 6 heteroatoms. The van der Waals surface area contributed by atoms with Gasteiger partial charge in [0.15, 0.2) is 11.5 Å². The fourth-order valence-electron chi connectivity index (χ4n) is 4.37. The average Bonchev–Trinajstić information content (AvgIpc) is 3.51. The molecule has 1 aliphatic heterocycles. The van der Waals surface area contributed by atoms with Gasteiger partial charge >= 0.3 is 5.97 Å². The van der Waals surface area contributed by atoms with E-state index in [4.69, 9.17) is 14.2 Å². The summed E-state index contributed by atoms with van der Waals surface area (Å²) in [5, 5.41) is 0. The minimum absolute atomic E-state index is 0.0263. The molecule has 2 fully saturated rings. The van der Waals surface area contributed by atoms with E-state index in [1.165, 1.54) is 6.42 Å². The summed E-state index contributed by atoms with van der Waals surface area (Å²) in [4.78, 5) is 27.4. The zero-order valence-corrected chi connectivity index (χ0v) is 16.5. The molecule has 0 spiro atoms. The van der Waals surface area contributed by atoms with E-state index in [-0.39, 0.29) is 29.8 Å². The molecule has 2 unspecified atom stereocenters. The molecule has 1 heterocycles. The van der Waals surface area contributed by atoms with Crippen LogP contribution in [0.3, 0.4) is 0 Å². The van der Waals surface area contributed by atoms with Crippen molar-refractivity contribution in [3.8, 4) is 11.5 Å². The second-order valence-corrected chi connectivity index (χ2v) is 7.96. The van der Waals surface area contributed by atoms with Gasteiger partial charge in [-0.25, -0.2) is 0 Å². The fraction of sp³-hybridized carbons (Fsp3) is 0.636. The Kier molecular flexibility index (Phi) is 5.74. The first-order valence-electron chi connectivity index (χ1n) is 10.5. The highest BCUT2D eigenvalue weighted by atomic mass is 16.6. The van der Waals surface area contributed by atoms with E-state index in [0.29, 0.717) is 43.4 Å². The molecule has 1 aromatic carbocycles. The van der Waals surface area contributed by atoms with E-state index in [2.05, 4.69) is 0 Å². The zero-order chi connectivity index (χ0) is 19.5. The molecule has 152 valence electrons. The van der Waals surface area contributed by atoms with Crippen LogP contribution in [0.15, 0.2) is 18.2 Å². The summed E-state index contributed by atoms with van der Waals surface area (Å²) >= 11 is 0. The van der Waals surface area contributed by atoms with Crippen LogP contribution in [-0.2, 0) is 9.53 Å². The van der Waals surface area contributed by atoms with Crippen LogP contribution < -0.4 is 9.47 Å². The summed E-state index contributed by atoms with van der Waals surface area (Å²) in [6, 6.07) is 5.68. The van der Waals surface area contributed by atoms with Crippen molar-refractivity contribution in [3.63, 3.8) is 0 Å². The molecule has 2 saturated carbocycles. The van der Waals surface area contributed by atoms with Crippen molar-refractivity contribution < 1.29 is 23.8 Å². The first-order valence-corrected chi connectivity index (χ1v) is 10.5. The predicted octanol–water partition coefficient (Wildman–Crippen LogP) is 3.43. The average molecular weight is 387 g/mol. The van der Waals surface area contributed by atoms with Crippen molar-refractivity contribution >= 4 is 11.9 Å². The number of hydrogen-bond donors (Lipinski definition) is 0. The third-order valence-corrected chi connectivity index (χ3v) is 6.01. The molecular formula is C22H29NO5. The number of rotatable bonds is 6. The Morgan fingerprint density at radius 1 is 1.11 bits per heavy atom. The number of fused-ring (bicyclic) bond motifs is 1. The number of benzene rings is 1. The largest absolute Gasteiger partial charge is 0.486 e. The van der Waals surface area contributed by atoms with Gasteiger partial charge in [-0.1, -0.05) is 19.3 Å². The lowest BCUT2D eigenvalue weighted by Crippen LogP contribution is -2.43. The number of nitrogens with zero attached hydrogens (tertiary/aromatic N) is 1. The lowest BCUT2D eigenvalue weighted by Gasteiger charge is -2.35. The minimum Gasteiger partial charge on any atom is -0.486 e. The van der Waals surface area contributed by atoms with Gasteiger partial charge in [-0.3, -0.25) is 9.59 Å². The van der Waals surface area contributed by atoms with Gasteiger partial charge in [-0.05, 0) is 50.3 Å². The monoisotopic (exact) mass is 387 g/mol. The lowest BCUT2D eigenvalue weighted by atomic mass is 9.93. The number of carbonyl (C=O) groups excluding carboxylic acids is 2. The maximum atomic E-state index is 13.4. The Balaban J connectivity index is 1.50. The van der Waals surface area contributed by atoms with Crippen molar-refractivity contribution in [2.45, 2.75) is 51.5 Å². The molecule has 0 N–H and O–H groups in total. The first kappa shape index (κ1) is 19.1. The summed E-state index contributed by atoms with van der Waals surface area (Å²) in [5.74, 6) is 1.38. The molecule has 6 nitrogen and oxygen atoms in total.